The quantitative estimate of drug-likeness (QED) is 0.577. The summed E-state index contributed by atoms with van der Waals surface area (Å²) in [5.74, 6) is -1.81. The van der Waals surface area contributed by atoms with E-state index >= 15 is 0 Å². The van der Waals surface area contributed by atoms with Crippen LogP contribution in [0.2, 0.25) is 0 Å². The van der Waals surface area contributed by atoms with Gasteiger partial charge in [0, 0.05) is 24.5 Å². The van der Waals surface area contributed by atoms with Gasteiger partial charge >= 0.3 is 5.97 Å². The predicted octanol–water partition coefficient (Wildman–Crippen LogP) is 3.74. The monoisotopic (exact) mass is 404 g/mol. The zero-order chi connectivity index (χ0) is 21.8. The first kappa shape index (κ1) is 20.6. The first-order chi connectivity index (χ1) is 14.3. The van der Waals surface area contributed by atoms with Gasteiger partial charge in [-0.3, -0.25) is 9.59 Å². The highest BCUT2D eigenvalue weighted by atomic mass is 16.4. The fourth-order valence-corrected chi connectivity index (χ4v) is 3.16. The van der Waals surface area contributed by atoms with Crippen LogP contribution < -0.4 is 10.6 Å². The average molecular weight is 404 g/mol. The molecule has 8 nitrogen and oxygen atoms in total. The van der Waals surface area contributed by atoms with Gasteiger partial charge in [0.25, 0.3) is 5.91 Å². The Kier molecular flexibility index (Phi) is 5.83. The van der Waals surface area contributed by atoms with Crippen LogP contribution in [0.4, 0.5) is 11.4 Å². The molecule has 152 valence electrons. The number of anilines is 2. The number of aryl methyl sites for hydroxylation is 1. The SMILES string of the molecule is CCCC(=O)Nc1ccc2cc(C(=O)Nc3ccc(C#N)cc3C(=O)O)n(C)c2c1. The lowest BCUT2D eigenvalue weighted by Gasteiger charge is -2.10. The van der Waals surface area contributed by atoms with E-state index in [9.17, 15) is 19.5 Å². The lowest BCUT2D eigenvalue weighted by molar-refractivity contribution is -0.116. The maximum atomic E-state index is 12.8. The molecule has 30 heavy (non-hydrogen) atoms. The number of carboxylic acids is 1. The topological polar surface area (TPSA) is 124 Å². The molecular weight excluding hydrogens is 384 g/mol. The van der Waals surface area contributed by atoms with Gasteiger partial charge in [-0.2, -0.15) is 5.26 Å². The van der Waals surface area contributed by atoms with E-state index in [1.807, 2.05) is 13.0 Å². The van der Waals surface area contributed by atoms with Gasteiger partial charge < -0.3 is 20.3 Å². The van der Waals surface area contributed by atoms with Crippen molar-refractivity contribution >= 4 is 40.1 Å². The molecule has 0 aliphatic rings. The second-order valence-corrected chi connectivity index (χ2v) is 6.79. The summed E-state index contributed by atoms with van der Waals surface area (Å²) in [7, 11) is 1.71. The van der Waals surface area contributed by atoms with Crippen LogP contribution in [0.15, 0.2) is 42.5 Å². The second-order valence-electron chi connectivity index (χ2n) is 6.79. The number of carbonyl (C=O) groups excluding carboxylic acids is 2. The van der Waals surface area contributed by atoms with E-state index < -0.39 is 11.9 Å². The Bertz CT molecular complexity index is 1200. The summed E-state index contributed by atoms with van der Waals surface area (Å²) < 4.78 is 1.67. The minimum Gasteiger partial charge on any atom is -0.478 e. The first-order valence-corrected chi connectivity index (χ1v) is 9.32. The third kappa shape index (κ3) is 4.15. The molecule has 2 amide bonds. The van der Waals surface area contributed by atoms with Crippen molar-refractivity contribution in [2.24, 2.45) is 7.05 Å². The number of carbonyl (C=O) groups is 3. The number of aromatic carboxylic acids is 1. The van der Waals surface area contributed by atoms with Gasteiger partial charge in [0.15, 0.2) is 0 Å². The molecule has 3 aromatic rings. The molecular formula is C22H20N4O4. The molecule has 0 spiro atoms. The highest BCUT2D eigenvalue weighted by Crippen LogP contribution is 2.24. The molecule has 0 unspecified atom stereocenters. The lowest BCUT2D eigenvalue weighted by Crippen LogP contribution is -2.17. The number of nitriles is 1. The maximum Gasteiger partial charge on any atom is 0.337 e. The van der Waals surface area contributed by atoms with E-state index in [0.717, 1.165) is 17.3 Å². The number of nitrogens with one attached hydrogen (secondary N) is 2. The molecule has 0 atom stereocenters. The molecule has 0 bridgehead atoms. The molecule has 3 N–H and O–H groups in total. The third-order valence-electron chi connectivity index (χ3n) is 4.67. The van der Waals surface area contributed by atoms with Crippen LogP contribution in [0.5, 0.6) is 0 Å². The van der Waals surface area contributed by atoms with Crippen LogP contribution in [0.25, 0.3) is 10.9 Å². The summed E-state index contributed by atoms with van der Waals surface area (Å²) >= 11 is 0. The van der Waals surface area contributed by atoms with Crippen LogP contribution in [-0.2, 0) is 11.8 Å². The third-order valence-corrected chi connectivity index (χ3v) is 4.67. The van der Waals surface area contributed by atoms with Crippen molar-refractivity contribution < 1.29 is 19.5 Å². The number of carboxylic acid groups (broad SMARTS) is 1. The lowest BCUT2D eigenvalue weighted by atomic mass is 10.1. The first-order valence-electron chi connectivity index (χ1n) is 9.32. The Labute approximate surface area is 172 Å². The van der Waals surface area contributed by atoms with Gasteiger partial charge in [0.05, 0.1) is 28.4 Å². The summed E-state index contributed by atoms with van der Waals surface area (Å²) in [6.07, 6.45) is 1.17. The van der Waals surface area contributed by atoms with E-state index in [0.29, 0.717) is 17.8 Å². The summed E-state index contributed by atoms with van der Waals surface area (Å²) in [6, 6.07) is 13.0. The van der Waals surface area contributed by atoms with Crippen molar-refractivity contribution in [1.29, 1.82) is 5.26 Å². The van der Waals surface area contributed by atoms with Gasteiger partial charge in [0.1, 0.15) is 5.69 Å². The summed E-state index contributed by atoms with van der Waals surface area (Å²) in [5.41, 5.74) is 1.82. The van der Waals surface area contributed by atoms with E-state index in [2.05, 4.69) is 10.6 Å². The van der Waals surface area contributed by atoms with E-state index in [4.69, 9.17) is 5.26 Å². The smallest absolute Gasteiger partial charge is 0.337 e. The minimum absolute atomic E-state index is 0.0777. The Morgan fingerprint density at radius 2 is 1.87 bits per heavy atom. The largest absolute Gasteiger partial charge is 0.478 e. The normalized spacial score (nSPS) is 10.4. The molecule has 3 rings (SSSR count). The van der Waals surface area contributed by atoms with Crippen molar-refractivity contribution in [2.75, 3.05) is 10.6 Å². The highest BCUT2D eigenvalue weighted by Gasteiger charge is 2.18. The van der Waals surface area contributed by atoms with Crippen LogP contribution in [0.3, 0.4) is 0 Å². The summed E-state index contributed by atoms with van der Waals surface area (Å²) in [6.45, 7) is 1.93. The number of fused-ring (bicyclic) bond motifs is 1. The van der Waals surface area contributed by atoms with Crippen molar-refractivity contribution in [1.82, 2.24) is 4.57 Å². The molecule has 8 heteroatoms. The fourth-order valence-electron chi connectivity index (χ4n) is 3.16. The molecule has 0 saturated carbocycles. The molecule has 0 aliphatic carbocycles. The average Bonchev–Trinajstić information content (AvgIpc) is 3.04. The Balaban J connectivity index is 1.91. The zero-order valence-corrected chi connectivity index (χ0v) is 16.5. The number of hydrogen-bond acceptors (Lipinski definition) is 4. The Morgan fingerprint density at radius 1 is 1.10 bits per heavy atom. The van der Waals surface area contributed by atoms with Crippen LogP contribution in [-0.4, -0.2) is 27.5 Å². The van der Waals surface area contributed by atoms with Gasteiger partial charge in [0.2, 0.25) is 5.91 Å². The van der Waals surface area contributed by atoms with E-state index in [1.54, 1.807) is 35.9 Å². The summed E-state index contributed by atoms with van der Waals surface area (Å²) in [4.78, 5) is 36.1. The van der Waals surface area contributed by atoms with Crippen LogP contribution >= 0.6 is 0 Å². The van der Waals surface area contributed by atoms with Gasteiger partial charge in [-0.05, 0) is 42.8 Å². The van der Waals surface area contributed by atoms with Crippen molar-refractivity contribution in [3.8, 4) is 6.07 Å². The van der Waals surface area contributed by atoms with Crippen molar-refractivity contribution in [2.45, 2.75) is 19.8 Å². The Morgan fingerprint density at radius 3 is 2.53 bits per heavy atom. The van der Waals surface area contributed by atoms with Crippen LogP contribution in [0.1, 0.15) is 46.2 Å². The zero-order valence-electron chi connectivity index (χ0n) is 16.5. The number of aromatic nitrogens is 1. The van der Waals surface area contributed by atoms with Gasteiger partial charge in [-0.1, -0.05) is 13.0 Å². The van der Waals surface area contributed by atoms with Crippen molar-refractivity contribution in [3.05, 3.63) is 59.3 Å². The molecule has 0 fully saturated rings. The van der Waals surface area contributed by atoms with E-state index in [-0.39, 0.29) is 22.7 Å². The number of hydrogen-bond donors (Lipinski definition) is 3. The van der Waals surface area contributed by atoms with Gasteiger partial charge in [-0.15, -0.1) is 0 Å². The minimum atomic E-state index is -1.24. The van der Waals surface area contributed by atoms with Crippen molar-refractivity contribution in [3.63, 3.8) is 0 Å². The van der Waals surface area contributed by atoms with Gasteiger partial charge in [-0.25, -0.2) is 4.79 Å². The number of amides is 2. The predicted molar refractivity (Wildman–Crippen MR) is 113 cm³/mol. The standard InChI is InChI=1S/C22H20N4O4/c1-3-4-20(27)24-15-7-6-14-10-19(26(2)18(14)11-15)21(28)25-17-8-5-13(12-23)9-16(17)22(29)30/h5-11H,3-4H2,1-2H3,(H,24,27)(H,25,28)(H,29,30). The number of rotatable bonds is 6. The molecule has 0 radical (unpaired) electrons. The maximum absolute atomic E-state index is 12.8. The van der Waals surface area contributed by atoms with Crippen LogP contribution in [0, 0.1) is 11.3 Å². The molecule has 2 aromatic carbocycles. The number of nitrogens with zero attached hydrogens (tertiary/aromatic N) is 2. The fraction of sp³-hybridized carbons (Fsp3) is 0.182. The molecule has 0 aliphatic heterocycles. The molecule has 1 aromatic heterocycles. The molecule has 0 saturated heterocycles. The van der Waals surface area contributed by atoms with E-state index in [1.165, 1.54) is 18.2 Å². The highest BCUT2D eigenvalue weighted by molar-refractivity contribution is 6.09. The summed E-state index contributed by atoms with van der Waals surface area (Å²) in [5, 5.41) is 24.6. The Hall–Kier alpha value is -4.12. The molecule has 1 heterocycles. The second kappa shape index (κ2) is 8.49. The number of benzene rings is 2.